The number of H-pyrrole nitrogens is 1. The molecule has 0 saturated carbocycles. The number of aromatic nitrogens is 3. The molecule has 0 bridgehead atoms. The number of hydrogen-bond donors (Lipinski definition) is 2. The average molecular weight is 412 g/mol. The fraction of sp³-hybridized carbons (Fsp3) is 0.120. The van der Waals surface area contributed by atoms with Crippen molar-refractivity contribution in [2.45, 2.75) is 20.4 Å². The summed E-state index contributed by atoms with van der Waals surface area (Å²) < 4.78 is 15.2. The first-order chi connectivity index (χ1) is 15.0. The maximum Gasteiger partial charge on any atom is 0.258 e. The van der Waals surface area contributed by atoms with Gasteiger partial charge in [0.1, 0.15) is 23.0 Å². The minimum Gasteiger partial charge on any atom is -0.365 e. The molecular formula is C25H21FN4O. The van der Waals surface area contributed by atoms with E-state index in [0.717, 1.165) is 39.1 Å². The lowest BCUT2D eigenvalue weighted by Crippen LogP contribution is -2.11. The summed E-state index contributed by atoms with van der Waals surface area (Å²) in [6.45, 7) is 4.48. The highest BCUT2D eigenvalue weighted by molar-refractivity contribution is 5.86. The molecule has 0 atom stereocenters. The summed E-state index contributed by atoms with van der Waals surface area (Å²) in [4.78, 5) is 20.8. The molecule has 0 radical (unpaired) electrons. The lowest BCUT2D eigenvalue weighted by Gasteiger charge is -2.10. The van der Waals surface area contributed by atoms with E-state index in [1.54, 1.807) is 12.1 Å². The first-order valence-corrected chi connectivity index (χ1v) is 10.1. The van der Waals surface area contributed by atoms with E-state index < -0.39 is 0 Å². The lowest BCUT2D eigenvalue weighted by molar-refractivity contribution is 0.627. The Balaban J connectivity index is 1.67. The van der Waals surface area contributed by atoms with Crippen LogP contribution in [0.15, 0.2) is 71.7 Å². The van der Waals surface area contributed by atoms with Crippen LogP contribution in [0.3, 0.4) is 0 Å². The Morgan fingerprint density at radius 2 is 1.87 bits per heavy atom. The van der Waals surface area contributed by atoms with Crippen LogP contribution in [0.5, 0.6) is 0 Å². The third-order valence-electron chi connectivity index (χ3n) is 5.47. The number of halogens is 1. The third kappa shape index (κ3) is 3.46. The van der Waals surface area contributed by atoms with Crippen molar-refractivity contribution in [1.29, 1.82) is 0 Å². The summed E-state index contributed by atoms with van der Waals surface area (Å²) in [7, 11) is 0. The van der Waals surface area contributed by atoms with Gasteiger partial charge in [-0.25, -0.2) is 9.37 Å². The normalized spacial score (nSPS) is 11.3. The second-order valence-electron chi connectivity index (χ2n) is 7.78. The van der Waals surface area contributed by atoms with Gasteiger partial charge in [-0.2, -0.15) is 0 Å². The second kappa shape index (κ2) is 7.40. The topological polar surface area (TPSA) is 62.2 Å². The monoisotopic (exact) mass is 412 g/mol. The molecule has 0 amide bonds. The van der Waals surface area contributed by atoms with Crippen molar-refractivity contribution >= 4 is 22.4 Å². The molecule has 0 saturated heterocycles. The summed E-state index contributed by atoms with van der Waals surface area (Å²) in [6, 6.07) is 18.1. The number of aromatic amines is 1. The molecule has 0 aliphatic carbocycles. The van der Waals surface area contributed by atoms with E-state index in [0.29, 0.717) is 17.8 Å². The van der Waals surface area contributed by atoms with Gasteiger partial charge >= 0.3 is 0 Å². The molecule has 31 heavy (non-hydrogen) atoms. The zero-order chi connectivity index (χ0) is 21.5. The highest BCUT2D eigenvalue weighted by Gasteiger charge is 2.18. The SMILES string of the molecule is Cc1ccc2[nH]c(=O)c(-c3nc4c(C)cccn4c3NCc3ccc(F)cc3)cc2c1. The number of benzene rings is 2. The third-order valence-corrected chi connectivity index (χ3v) is 5.47. The Labute approximate surface area is 178 Å². The van der Waals surface area contributed by atoms with E-state index in [4.69, 9.17) is 4.98 Å². The van der Waals surface area contributed by atoms with Crippen LogP contribution in [0.2, 0.25) is 0 Å². The molecule has 0 aliphatic rings. The summed E-state index contributed by atoms with van der Waals surface area (Å²) in [5.41, 5.74) is 5.52. The first kappa shape index (κ1) is 19.1. The molecule has 0 unspecified atom stereocenters. The summed E-state index contributed by atoms with van der Waals surface area (Å²) in [5, 5.41) is 4.36. The Morgan fingerprint density at radius 1 is 1.06 bits per heavy atom. The zero-order valence-electron chi connectivity index (χ0n) is 17.2. The van der Waals surface area contributed by atoms with E-state index in [1.807, 2.05) is 60.8 Å². The van der Waals surface area contributed by atoms with E-state index in [-0.39, 0.29) is 11.4 Å². The van der Waals surface area contributed by atoms with Gasteiger partial charge in [-0.1, -0.05) is 29.8 Å². The van der Waals surface area contributed by atoms with Crippen LogP contribution in [-0.4, -0.2) is 14.4 Å². The van der Waals surface area contributed by atoms with Crippen LogP contribution in [0.1, 0.15) is 16.7 Å². The summed E-state index contributed by atoms with van der Waals surface area (Å²) in [6.07, 6.45) is 1.92. The molecule has 0 aliphatic heterocycles. The van der Waals surface area contributed by atoms with Gasteiger partial charge in [0.15, 0.2) is 0 Å². The number of rotatable bonds is 4. The van der Waals surface area contributed by atoms with E-state index >= 15 is 0 Å². The highest BCUT2D eigenvalue weighted by atomic mass is 19.1. The molecule has 154 valence electrons. The van der Waals surface area contributed by atoms with Gasteiger partial charge in [0.05, 0.1) is 5.56 Å². The fourth-order valence-corrected chi connectivity index (χ4v) is 3.85. The van der Waals surface area contributed by atoms with E-state index in [1.165, 1.54) is 12.1 Å². The maximum atomic E-state index is 13.3. The number of imidazole rings is 1. The van der Waals surface area contributed by atoms with Crippen molar-refractivity contribution in [3.05, 3.63) is 99.7 Å². The number of nitrogens with zero attached hydrogens (tertiary/aromatic N) is 2. The molecule has 6 heteroatoms. The van der Waals surface area contributed by atoms with Gasteiger partial charge in [-0.3, -0.25) is 9.20 Å². The van der Waals surface area contributed by atoms with Crippen LogP contribution in [0.25, 0.3) is 27.8 Å². The molecule has 0 fully saturated rings. The number of fused-ring (bicyclic) bond motifs is 2. The average Bonchev–Trinajstić information content (AvgIpc) is 3.13. The Morgan fingerprint density at radius 3 is 2.68 bits per heavy atom. The summed E-state index contributed by atoms with van der Waals surface area (Å²) >= 11 is 0. The smallest absolute Gasteiger partial charge is 0.258 e. The maximum absolute atomic E-state index is 13.3. The van der Waals surface area contributed by atoms with Crippen molar-refractivity contribution < 1.29 is 4.39 Å². The molecule has 3 aromatic heterocycles. The van der Waals surface area contributed by atoms with Crippen molar-refractivity contribution in [2.24, 2.45) is 0 Å². The van der Waals surface area contributed by atoms with Crippen molar-refractivity contribution in [3.63, 3.8) is 0 Å². The largest absolute Gasteiger partial charge is 0.365 e. The number of pyridine rings is 2. The Kier molecular flexibility index (Phi) is 4.55. The van der Waals surface area contributed by atoms with Gasteiger partial charge < -0.3 is 10.3 Å². The van der Waals surface area contributed by atoms with Gasteiger partial charge in [-0.05, 0) is 66.8 Å². The lowest BCUT2D eigenvalue weighted by atomic mass is 10.1. The van der Waals surface area contributed by atoms with Crippen molar-refractivity contribution in [1.82, 2.24) is 14.4 Å². The number of anilines is 1. The predicted octanol–water partition coefficient (Wildman–Crippen LogP) is 5.21. The Bertz CT molecular complexity index is 1480. The van der Waals surface area contributed by atoms with E-state index in [9.17, 15) is 9.18 Å². The number of hydrogen-bond acceptors (Lipinski definition) is 3. The van der Waals surface area contributed by atoms with E-state index in [2.05, 4.69) is 10.3 Å². The fourth-order valence-electron chi connectivity index (χ4n) is 3.85. The van der Waals surface area contributed by atoms with Crippen LogP contribution in [0.4, 0.5) is 10.2 Å². The van der Waals surface area contributed by atoms with Crippen LogP contribution >= 0.6 is 0 Å². The molecule has 5 rings (SSSR count). The second-order valence-corrected chi connectivity index (χ2v) is 7.78. The van der Waals surface area contributed by atoms with Crippen molar-refractivity contribution in [3.8, 4) is 11.3 Å². The molecule has 5 aromatic rings. The van der Waals surface area contributed by atoms with Gasteiger partial charge in [0.25, 0.3) is 5.56 Å². The molecule has 5 nitrogen and oxygen atoms in total. The number of nitrogens with one attached hydrogen (secondary N) is 2. The van der Waals surface area contributed by atoms with Gasteiger partial charge in [0.2, 0.25) is 0 Å². The zero-order valence-corrected chi connectivity index (χ0v) is 17.2. The molecule has 0 spiro atoms. The van der Waals surface area contributed by atoms with Crippen LogP contribution < -0.4 is 10.9 Å². The molecule has 2 aromatic carbocycles. The van der Waals surface area contributed by atoms with Crippen LogP contribution in [0, 0.1) is 19.7 Å². The minimum atomic E-state index is -0.271. The van der Waals surface area contributed by atoms with Crippen molar-refractivity contribution in [2.75, 3.05) is 5.32 Å². The predicted molar refractivity (Wildman–Crippen MR) is 122 cm³/mol. The first-order valence-electron chi connectivity index (χ1n) is 10.1. The highest BCUT2D eigenvalue weighted by Crippen LogP contribution is 2.30. The van der Waals surface area contributed by atoms with Gasteiger partial charge in [0, 0.05) is 18.3 Å². The molecule has 2 N–H and O–H groups in total. The number of aryl methyl sites for hydroxylation is 2. The van der Waals surface area contributed by atoms with Crippen LogP contribution in [-0.2, 0) is 6.54 Å². The Hall–Kier alpha value is -3.93. The molecule has 3 heterocycles. The standard InChI is InChI=1S/C25H21FN4O/c1-15-5-10-21-18(12-15)13-20(25(31)28-21)22-24(27-14-17-6-8-19(26)9-7-17)30-11-3-4-16(2)23(30)29-22/h3-13,27H,14H2,1-2H3,(H,28,31). The van der Waals surface area contributed by atoms with Gasteiger partial charge in [-0.15, -0.1) is 0 Å². The quantitative estimate of drug-likeness (QED) is 0.426. The molecular weight excluding hydrogens is 391 g/mol. The summed E-state index contributed by atoms with van der Waals surface area (Å²) in [5.74, 6) is 0.452. The minimum absolute atomic E-state index is 0.192.